The van der Waals surface area contributed by atoms with Crippen LogP contribution in [0.3, 0.4) is 0 Å². The molecule has 0 aromatic rings. The quantitative estimate of drug-likeness (QED) is 0.684. The summed E-state index contributed by atoms with van der Waals surface area (Å²) in [6, 6.07) is 0. The van der Waals surface area contributed by atoms with Crippen LogP contribution >= 0.6 is 0 Å². The molecule has 0 bridgehead atoms. The van der Waals surface area contributed by atoms with Crippen molar-refractivity contribution in [3.05, 3.63) is 0 Å². The molecule has 0 aromatic carbocycles. The normalized spacial score (nSPS) is 18.8. The van der Waals surface area contributed by atoms with Gasteiger partial charge in [-0.2, -0.15) is 17.0 Å². The van der Waals surface area contributed by atoms with Gasteiger partial charge in [-0.1, -0.05) is 6.42 Å². The van der Waals surface area contributed by atoms with E-state index in [2.05, 4.69) is 0 Å². The van der Waals surface area contributed by atoms with Crippen molar-refractivity contribution < 1.29 is 18.3 Å². The van der Waals surface area contributed by atoms with Crippen LogP contribution in [0, 0.1) is 0 Å². The molecule has 1 rings (SSSR count). The fourth-order valence-corrected chi connectivity index (χ4v) is 3.57. The summed E-state index contributed by atoms with van der Waals surface area (Å²) < 4.78 is 32.2. The lowest BCUT2D eigenvalue weighted by Crippen LogP contribution is -2.47. The van der Waals surface area contributed by atoms with Crippen LogP contribution in [-0.2, 0) is 14.9 Å². The zero-order valence-corrected chi connectivity index (χ0v) is 11.2. The Kier molecular flexibility index (Phi) is 6.35. The lowest BCUT2D eigenvalue weighted by molar-refractivity contribution is 0.163. The van der Waals surface area contributed by atoms with E-state index in [1.165, 1.54) is 15.7 Å². The van der Waals surface area contributed by atoms with E-state index in [-0.39, 0.29) is 19.7 Å². The molecule has 0 unspecified atom stereocenters. The number of aliphatic hydroxyl groups excluding tert-OH is 1. The van der Waals surface area contributed by atoms with Crippen molar-refractivity contribution in [2.24, 2.45) is 0 Å². The minimum absolute atomic E-state index is 0.127. The maximum atomic E-state index is 12.3. The number of hydrogen-bond acceptors (Lipinski definition) is 4. The highest BCUT2D eigenvalue weighted by Crippen LogP contribution is 2.16. The molecule has 0 aliphatic carbocycles. The van der Waals surface area contributed by atoms with E-state index >= 15 is 0 Å². The first-order chi connectivity index (χ1) is 8.12. The Morgan fingerprint density at radius 2 is 1.88 bits per heavy atom. The third-order valence-electron chi connectivity index (χ3n) is 2.86. The summed E-state index contributed by atoms with van der Waals surface area (Å²) in [4.78, 5) is 0. The highest BCUT2D eigenvalue weighted by atomic mass is 32.2. The van der Waals surface area contributed by atoms with E-state index in [1.807, 2.05) is 0 Å². The molecule has 0 atom stereocenters. The maximum absolute atomic E-state index is 12.3. The van der Waals surface area contributed by atoms with Gasteiger partial charge in [-0.05, 0) is 12.8 Å². The van der Waals surface area contributed by atoms with Crippen LogP contribution in [0.15, 0.2) is 0 Å². The predicted molar refractivity (Wildman–Crippen MR) is 64.9 cm³/mol. The largest absolute Gasteiger partial charge is 0.395 e. The van der Waals surface area contributed by atoms with Crippen molar-refractivity contribution in [2.45, 2.75) is 19.3 Å². The SMILES string of the molecule is COCCN(CCO)S(=O)(=O)N1CCCCC1. The summed E-state index contributed by atoms with van der Waals surface area (Å²) >= 11 is 0. The summed E-state index contributed by atoms with van der Waals surface area (Å²) in [6.45, 7) is 1.75. The van der Waals surface area contributed by atoms with Gasteiger partial charge in [0.15, 0.2) is 0 Å². The monoisotopic (exact) mass is 266 g/mol. The van der Waals surface area contributed by atoms with Crippen LogP contribution in [0.1, 0.15) is 19.3 Å². The topological polar surface area (TPSA) is 70.1 Å². The lowest BCUT2D eigenvalue weighted by Gasteiger charge is -2.31. The van der Waals surface area contributed by atoms with E-state index in [0.29, 0.717) is 19.7 Å². The second-order valence-corrected chi connectivity index (χ2v) is 6.01. The molecule has 6 nitrogen and oxygen atoms in total. The van der Waals surface area contributed by atoms with Crippen molar-refractivity contribution in [1.29, 1.82) is 0 Å². The summed E-state index contributed by atoms with van der Waals surface area (Å²) in [6.07, 6.45) is 2.91. The summed E-state index contributed by atoms with van der Waals surface area (Å²) in [5.41, 5.74) is 0. The third-order valence-corrected chi connectivity index (χ3v) is 4.90. The second kappa shape index (κ2) is 7.27. The van der Waals surface area contributed by atoms with Crippen LogP contribution in [0.25, 0.3) is 0 Å². The van der Waals surface area contributed by atoms with Gasteiger partial charge in [0.2, 0.25) is 0 Å². The van der Waals surface area contributed by atoms with E-state index in [4.69, 9.17) is 9.84 Å². The average molecular weight is 266 g/mol. The first-order valence-electron chi connectivity index (χ1n) is 5.98. The van der Waals surface area contributed by atoms with Crippen molar-refractivity contribution in [3.8, 4) is 0 Å². The van der Waals surface area contributed by atoms with E-state index in [9.17, 15) is 8.42 Å². The van der Waals surface area contributed by atoms with Crippen LogP contribution in [0.4, 0.5) is 0 Å². The summed E-state index contributed by atoms with van der Waals surface area (Å²) in [7, 11) is -1.90. The Balaban J connectivity index is 2.67. The van der Waals surface area contributed by atoms with Gasteiger partial charge in [-0.25, -0.2) is 0 Å². The number of rotatable bonds is 7. The lowest BCUT2D eigenvalue weighted by atomic mass is 10.2. The van der Waals surface area contributed by atoms with Gasteiger partial charge >= 0.3 is 0 Å². The Morgan fingerprint density at radius 1 is 1.24 bits per heavy atom. The molecule has 0 radical (unpaired) electrons. The van der Waals surface area contributed by atoms with Crippen molar-refractivity contribution in [2.75, 3.05) is 46.5 Å². The summed E-state index contributed by atoms with van der Waals surface area (Å²) in [5.74, 6) is 0. The predicted octanol–water partition coefficient (Wildman–Crippen LogP) is -0.342. The number of ether oxygens (including phenoxy) is 1. The minimum atomic E-state index is -3.43. The molecule has 1 N–H and O–H groups in total. The Hall–Kier alpha value is -0.210. The zero-order chi connectivity index (χ0) is 12.7. The molecule has 102 valence electrons. The smallest absolute Gasteiger partial charge is 0.282 e. The van der Waals surface area contributed by atoms with Crippen LogP contribution < -0.4 is 0 Å². The number of methoxy groups -OCH3 is 1. The number of piperidine rings is 1. The third kappa shape index (κ3) is 4.18. The first-order valence-corrected chi connectivity index (χ1v) is 7.37. The van der Waals surface area contributed by atoms with Gasteiger partial charge in [-0.15, -0.1) is 0 Å². The molecular weight excluding hydrogens is 244 g/mol. The molecule has 17 heavy (non-hydrogen) atoms. The van der Waals surface area contributed by atoms with Gasteiger partial charge < -0.3 is 9.84 Å². The Bertz CT molecular complexity index is 301. The first kappa shape index (κ1) is 14.8. The standard InChI is InChI=1S/C10H22N2O4S/c1-16-10-8-12(7-9-13)17(14,15)11-5-3-2-4-6-11/h13H,2-10H2,1H3. The fourth-order valence-electron chi connectivity index (χ4n) is 1.91. The van der Waals surface area contributed by atoms with Crippen LogP contribution in [0.5, 0.6) is 0 Å². The molecule has 1 heterocycles. The number of nitrogens with zero attached hydrogens (tertiary/aromatic N) is 2. The highest BCUT2D eigenvalue weighted by molar-refractivity contribution is 7.86. The van der Waals surface area contributed by atoms with Crippen molar-refractivity contribution in [1.82, 2.24) is 8.61 Å². The Morgan fingerprint density at radius 3 is 2.41 bits per heavy atom. The molecule has 1 aliphatic heterocycles. The van der Waals surface area contributed by atoms with Crippen LogP contribution in [-0.4, -0.2) is 68.6 Å². The van der Waals surface area contributed by atoms with Gasteiger partial charge in [0.1, 0.15) is 0 Å². The highest BCUT2D eigenvalue weighted by Gasteiger charge is 2.29. The van der Waals surface area contributed by atoms with Crippen LogP contribution in [0.2, 0.25) is 0 Å². The van der Waals surface area contributed by atoms with Crippen molar-refractivity contribution >= 4 is 10.2 Å². The molecule has 1 saturated heterocycles. The van der Waals surface area contributed by atoms with Gasteiger partial charge in [-0.3, -0.25) is 0 Å². The van der Waals surface area contributed by atoms with E-state index < -0.39 is 10.2 Å². The molecule has 0 saturated carbocycles. The number of hydrogen-bond donors (Lipinski definition) is 1. The molecule has 7 heteroatoms. The number of aliphatic hydroxyl groups is 1. The van der Waals surface area contributed by atoms with Gasteiger partial charge in [0, 0.05) is 33.3 Å². The second-order valence-electron chi connectivity index (χ2n) is 4.08. The molecule has 1 fully saturated rings. The maximum Gasteiger partial charge on any atom is 0.282 e. The van der Waals surface area contributed by atoms with E-state index in [0.717, 1.165) is 19.3 Å². The Labute approximate surface area is 103 Å². The van der Waals surface area contributed by atoms with Crippen molar-refractivity contribution in [3.63, 3.8) is 0 Å². The van der Waals surface area contributed by atoms with Gasteiger partial charge in [0.25, 0.3) is 10.2 Å². The van der Waals surface area contributed by atoms with E-state index in [1.54, 1.807) is 0 Å². The summed E-state index contributed by atoms with van der Waals surface area (Å²) in [5, 5.41) is 8.93. The molecule has 0 amide bonds. The molecule has 0 aromatic heterocycles. The van der Waals surface area contributed by atoms with Gasteiger partial charge in [0.05, 0.1) is 13.2 Å². The zero-order valence-electron chi connectivity index (χ0n) is 10.3. The molecular formula is C10H22N2O4S. The fraction of sp³-hybridized carbons (Fsp3) is 1.00. The average Bonchev–Trinajstić information content (AvgIpc) is 2.35. The minimum Gasteiger partial charge on any atom is -0.395 e. The molecule has 0 spiro atoms. The molecule has 1 aliphatic rings.